The molecular weight excluding hydrogens is 274 g/mol. The number of aliphatic carboxylic acids is 1. The van der Waals surface area contributed by atoms with Gasteiger partial charge in [0.15, 0.2) is 0 Å². The zero-order valence-electron chi connectivity index (χ0n) is 11.1. The highest BCUT2D eigenvalue weighted by atomic mass is 32.2. The number of carboxylic acid groups (broad SMARTS) is 1. The van der Waals surface area contributed by atoms with Gasteiger partial charge in [-0.3, -0.25) is 9.59 Å². The molecule has 110 valence electrons. The number of carbonyl (C=O) groups excluding carboxylic acids is 1. The van der Waals surface area contributed by atoms with Gasteiger partial charge >= 0.3 is 11.9 Å². The van der Waals surface area contributed by atoms with Crippen LogP contribution in [0.3, 0.4) is 0 Å². The van der Waals surface area contributed by atoms with Crippen LogP contribution in [0.25, 0.3) is 0 Å². The maximum atomic E-state index is 12.0. The third kappa shape index (κ3) is 3.44. The molecule has 1 unspecified atom stereocenters. The molecule has 19 heavy (non-hydrogen) atoms. The molecule has 0 aromatic rings. The van der Waals surface area contributed by atoms with E-state index in [-0.39, 0.29) is 25.3 Å². The average Bonchev–Trinajstić information content (AvgIpc) is 2.82. The molecule has 0 bridgehead atoms. The van der Waals surface area contributed by atoms with Crippen molar-refractivity contribution in [2.45, 2.75) is 26.2 Å². The maximum absolute atomic E-state index is 12.0. The molecule has 1 aliphatic heterocycles. The predicted octanol–water partition coefficient (Wildman–Crippen LogP) is 0.0660. The Labute approximate surface area is 112 Å². The van der Waals surface area contributed by atoms with E-state index in [1.54, 1.807) is 6.92 Å². The van der Waals surface area contributed by atoms with Crippen molar-refractivity contribution in [3.63, 3.8) is 0 Å². The fourth-order valence-corrected chi connectivity index (χ4v) is 3.63. The third-order valence-corrected chi connectivity index (χ3v) is 5.45. The van der Waals surface area contributed by atoms with Crippen LogP contribution in [0.15, 0.2) is 0 Å². The van der Waals surface area contributed by atoms with Gasteiger partial charge in [0.25, 0.3) is 0 Å². The van der Waals surface area contributed by atoms with E-state index >= 15 is 0 Å². The maximum Gasteiger partial charge on any atom is 0.311 e. The van der Waals surface area contributed by atoms with Gasteiger partial charge < -0.3 is 9.84 Å². The van der Waals surface area contributed by atoms with Gasteiger partial charge in [0, 0.05) is 13.1 Å². The van der Waals surface area contributed by atoms with Crippen molar-refractivity contribution in [3.05, 3.63) is 0 Å². The molecule has 1 N–H and O–H groups in total. The number of methoxy groups -OCH3 is 1. The first kappa shape index (κ1) is 15.9. The van der Waals surface area contributed by atoms with Gasteiger partial charge in [0.05, 0.1) is 24.7 Å². The van der Waals surface area contributed by atoms with Crippen molar-refractivity contribution in [2.24, 2.45) is 5.41 Å². The summed E-state index contributed by atoms with van der Waals surface area (Å²) in [5.41, 5.74) is -1.00. The van der Waals surface area contributed by atoms with Crippen LogP contribution in [0.1, 0.15) is 26.2 Å². The van der Waals surface area contributed by atoms with Crippen LogP contribution in [-0.2, 0) is 24.3 Å². The Hall–Kier alpha value is -1.15. The van der Waals surface area contributed by atoms with Gasteiger partial charge in [-0.1, -0.05) is 6.92 Å². The molecule has 0 spiro atoms. The van der Waals surface area contributed by atoms with Gasteiger partial charge in [-0.25, -0.2) is 12.7 Å². The van der Waals surface area contributed by atoms with Crippen LogP contribution in [0.4, 0.5) is 0 Å². The number of hydrogen-bond donors (Lipinski definition) is 1. The Morgan fingerprint density at radius 3 is 2.47 bits per heavy atom. The number of rotatable bonds is 6. The monoisotopic (exact) mass is 293 g/mol. The molecular formula is C11H19NO6S. The summed E-state index contributed by atoms with van der Waals surface area (Å²) in [6.45, 7) is 1.89. The smallest absolute Gasteiger partial charge is 0.311 e. The first-order chi connectivity index (χ1) is 8.77. The topological polar surface area (TPSA) is 101 Å². The van der Waals surface area contributed by atoms with Crippen LogP contribution >= 0.6 is 0 Å². The summed E-state index contributed by atoms with van der Waals surface area (Å²) in [6, 6.07) is 0. The number of nitrogens with zero attached hydrogens (tertiary/aromatic N) is 1. The number of carboxylic acids is 1. The Balaban J connectivity index is 2.72. The fraction of sp³-hybridized carbons (Fsp3) is 0.818. The minimum Gasteiger partial charge on any atom is -0.481 e. The highest BCUT2D eigenvalue weighted by Gasteiger charge is 2.46. The Bertz CT molecular complexity index is 460. The number of carbonyl (C=O) groups is 2. The van der Waals surface area contributed by atoms with Gasteiger partial charge in [-0.05, 0) is 12.8 Å². The molecule has 1 fully saturated rings. The van der Waals surface area contributed by atoms with E-state index in [1.165, 1.54) is 7.11 Å². The van der Waals surface area contributed by atoms with Crippen LogP contribution in [0.5, 0.6) is 0 Å². The van der Waals surface area contributed by atoms with Crippen molar-refractivity contribution < 1.29 is 27.9 Å². The lowest BCUT2D eigenvalue weighted by atomic mass is 9.85. The van der Waals surface area contributed by atoms with Crippen molar-refractivity contribution in [1.82, 2.24) is 4.31 Å². The van der Waals surface area contributed by atoms with E-state index in [2.05, 4.69) is 4.74 Å². The molecule has 0 radical (unpaired) electrons. The van der Waals surface area contributed by atoms with E-state index in [4.69, 9.17) is 0 Å². The Morgan fingerprint density at radius 2 is 2.05 bits per heavy atom. The van der Waals surface area contributed by atoms with Crippen LogP contribution in [-0.4, -0.2) is 55.7 Å². The molecule has 1 heterocycles. The number of ether oxygens (including phenoxy) is 1. The van der Waals surface area contributed by atoms with E-state index in [0.29, 0.717) is 12.8 Å². The van der Waals surface area contributed by atoms with Crippen molar-refractivity contribution >= 4 is 22.0 Å². The molecule has 1 atom stereocenters. The molecule has 0 amide bonds. The third-order valence-electron chi connectivity index (χ3n) is 3.63. The molecule has 8 heteroatoms. The normalized spacial score (nSPS) is 24.3. The highest BCUT2D eigenvalue weighted by Crippen LogP contribution is 2.35. The zero-order valence-corrected chi connectivity index (χ0v) is 11.9. The average molecular weight is 293 g/mol. The summed E-state index contributed by atoms with van der Waals surface area (Å²) in [6.07, 6.45) is 0.461. The Kier molecular flexibility index (Phi) is 4.92. The number of esters is 1. The van der Waals surface area contributed by atoms with Gasteiger partial charge in [0.1, 0.15) is 0 Å². The molecule has 0 aromatic heterocycles. The molecule has 7 nitrogen and oxygen atoms in total. The summed E-state index contributed by atoms with van der Waals surface area (Å²) in [7, 11) is -2.42. The minimum absolute atomic E-state index is 0.0255. The first-order valence-corrected chi connectivity index (χ1v) is 7.66. The minimum atomic E-state index is -3.61. The standard InChI is InChI=1S/C11H19NO6S/c1-3-11(10(14)15)5-6-12(8-11)19(16,17)7-4-9(13)18-2/h3-8H2,1-2H3,(H,14,15). The van der Waals surface area contributed by atoms with Crippen molar-refractivity contribution in [1.29, 1.82) is 0 Å². The van der Waals surface area contributed by atoms with Crippen LogP contribution < -0.4 is 0 Å². The van der Waals surface area contributed by atoms with Gasteiger partial charge in [-0.2, -0.15) is 0 Å². The molecule has 0 saturated carbocycles. The quantitative estimate of drug-likeness (QED) is 0.695. The summed E-state index contributed by atoms with van der Waals surface area (Å²) in [4.78, 5) is 22.2. The predicted molar refractivity (Wildman–Crippen MR) is 67.0 cm³/mol. The van der Waals surface area contributed by atoms with Gasteiger partial charge in [0.2, 0.25) is 10.0 Å². The highest BCUT2D eigenvalue weighted by molar-refractivity contribution is 7.89. The largest absolute Gasteiger partial charge is 0.481 e. The fourth-order valence-electron chi connectivity index (χ4n) is 2.13. The number of sulfonamides is 1. The lowest BCUT2D eigenvalue weighted by molar-refractivity contribution is -0.148. The molecule has 1 rings (SSSR count). The first-order valence-electron chi connectivity index (χ1n) is 6.05. The van der Waals surface area contributed by atoms with Crippen molar-refractivity contribution in [2.75, 3.05) is 26.0 Å². The lowest BCUT2D eigenvalue weighted by Gasteiger charge is -2.22. The summed E-state index contributed by atoms with van der Waals surface area (Å²) in [5.74, 6) is -1.91. The second-order valence-corrected chi connectivity index (χ2v) is 6.75. The summed E-state index contributed by atoms with van der Waals surface area (Å²) < 4.78 is 29.6. The molecule has 0 aliphatic carbocycles. The summed E-state index contributed by atoms with van der Waals surface area (Å²) >= 11 is 0. The zero-order chi connectivity index (χ0) is 14.7. The summed E-state index contributed by atoms with van der Waals surface area (Å²) in [5, 5.41) is 9.21. The van der Waals surface area contributed by atoms with Crippen molar-refractivity contribution in [3.8, 4) is 0 Å². The second-order valence-electron chi connectivity index (χ2n) is 4.66. The molecule has 1 aliphatic rings. The van der Waals surface area contributed by atoms with Gasteiger partial charge in [-0.15, -0.1) is 0 Å². The van der Waals surface area contributed by atoms with E-state index in [9.17, 15) is 23.1 Å². The molecule has 0 aromatic carbocycles. The van der Waals surface area contributed by atoms with E-state index in [0.717, 1.165) is 4.31 Å². The number of hydrogen-bond acceptors (Lipinski definition) is 5. The van der Waals surface area contributed by atoms with E-state index in [1.807, 2.05) is 0 Å². The van der Waals surface area contributed by atoms with Crippen LogP contribution in [0, 0.1) is 5.41 Å². The van der Waals surface area contributed by atoms with Crippen LogP contribution in [0.2, 0.25) is 0 Å². The lowest BCUT2D eigenvalue weighted by Crippen LogP contribution is -2.37. The molecule has 1 saturated heterocycles. The second kappa shape index (κ2) is 5.87. The Morgan fingerprint density at radius 1 is 1.42 bits per heavy atom. The van der Waals surface area contributed by atoms with E-state index < -0.39 is 27.4 Å². The SMILES string of the molecule is CCC1(C(=O)O)CCN(S(=O)(=O)CCC(=O)OC)C1.